The lowest BCUT2D eigenvalue weighted by Crippen LogP contribution is -2.28. The number of nitrogens with zero attached hydrogens (tertiary/aromatic N) is 3. The number of hydrogen-bond acceptors (Lipinski definition) is 5. The van der Waals surface area contributed by atoms with Crippen molar-refractivity contribution in [3.8, 4) is 0 Å². The Morgan fingerprint density at radius 3 is 2.69 bits per heavy atom. The minimum atomic E-state index is -0.199. The predicted octanol–water partition coefficient (Wildman–Crippen LogP) is 3.12. The molecule has 0 fully saturated rings. The number of anilines is 1. The van der Waals surface area contributed by atoms with Crippen molar-refractivity contribution in [3.63, 3.8) is 0 Å². The zero-order valence-electron chi connectivity index (χ0n) is 14.9. The van der Waals surface area contributed by atoms with Crippen LogP contribution in [0.25, 0.3) is 0 Å². The van der Waals surface area contributed by atoms with Crippen LogP contribution in [0, 0.1) is 0 Å². The molecule has 0 atom stereocenters. The number of benzene rings is 1. The van der Waals surface area contributed by atoms with Crippen LogP contribution in [-0.4, -0.2) is 54.5 Å². The summed E-state index contributed by atoms with van der Waals surface area (Å²) in [5.41, 5.74) is 1.34. The molecule has 1 heterocycles. The number of rotatable bonds is 9. The van der Waals surface area contributed by atoms with Crippen LogP contribution in [0.2, 0.25) is 10.0 Å². The van der Waals surface area contributed by atoms with Crippen molar-refractivity contribution >= 4 is 34.9 Å². The normalized spacial score (nSPS) is 10.8. The van der Waals surface area contributed by atoms with Gasteiger partial charge in [-0.2, -0.15) is 0 Å². The topological polar surface area (TPSA) is 70.2 Å². The average molecular weight is 396 g/mol. The zero-order chi connectivity index (χ0) is 18.9. The second-order valence-corrected chi connectivity index (χ2v) is 6.96. The van der Waals surface area contributed by atoms with E-state index in [-0.39, 0.29) is 5.91 Å². The van der Waals surface area contributed by atoms with Crippen molar-refractivity contribution in [3.05, 3.63) is 51.9 Å². The van der Waals surface area contributed by atoms with E-state index in [9.17, 15) is 4.79 Å². The Hall–Kier alpha value is -1.89. The Balaban J connectivity index is 1.83. The highest BCUT2D eigenvalue weighted by molar-refractivity contribution is 6.35. The van der Waals surface area contributed by atoms with Gasteiger partial charge < -0.3 is 15.5 Å². The van der Waals surface area contributed by atoms with Crippen molar-refractivity contribution in [1.29, 1.82) is 0 Å². The van der Waals surface area contributed by atoms with Crippen molar-refractivity contribution in [2.45, 2.75) is 12.8 Å². The van der Waals surface area contributed by atoms with Crippen LogP contribution in [0.4, 0.5) is 5.82 Å². The molecule has 0 saturated carbocycles. The van der Waals surface area contributed by atoms with Gasteiger partial charge in [-0.1, -0.05) is 29.3 Å². The van der Waals surface area contributed by atoms with Gasteiger partial charge in [0, 0.05) is 29.2 Å². The number of nitrogens with one attached hydrogen (secondary N) is 2. The first-order valence-corrected chi connectivity index (χ1v) is 9.14. The van der Waals surface area contributed by atoms with Crippen molar-refractivity contribution < 1.29 is 4.79 Å². The molecule has 0 unspecified atom stereocenters. The van der Waals surface area contributed by atoms with E-state index in [4.69, 9.17) is 23.2 Å². The molecule has 2 rings (SSSR count). The van der Waals surface area contributed by atoms with Gasteiger partial charge in [0.15, 0.2) is 0 Å². The van der Waals surface area contributed by atoms with E-state index in [2.05, 4.69) is 25.5 Å². The molecular weight excluding hydrogens is 373 g/mol. The van der Waals surface area contributed by atoms with Gasteiger partial charge in [-0.15, -0.1) is 0 Å². The summed E-state index contributed by atoms with van der Waals surface area (Å²) in [7, 11) is 4.00. The van der Waals surface area contributed by atoms with Gasteiger partial charge in [-0.3, -0.25) is 4.79 Å². The SMILES string of the molecule is CN(C)CCCNC(=O)c1cc(NCCc2ccc(Cl)cc2Cl)ncn1. The molecule has 26 heavy (non-hydrogen) atoms. The Labute approximate surface area is 163 Å². The van der Waals surface area contributed by atoms with Gasteiger partial charge in [-0.25, -0.2) is 9.97 Å². The molecule has 0 saturated heterocycles. The number of aromatic nitrogens is 2. The van der Waals surface area contributed by atoms with Crippen LogP contribution in [0.5, 0.6) is 0 Å². The zero-order valence-corrected chi connectivity index (χ0v) is 16.4. The molecule has 2 N–H and O–H groups in total. The van der Waals surface area contributed by atoms with E-state index in [0.29, 0.717) is 41.1 Å². The molecule has 0 spiro atoms. The van der Waals surface area contributed by atoms with Crippen molar-refractivity contribution in [2.75, 3.05) is 39.0 Å². The van der Waals surface area contributed by atoms with Gasteiger partial charge in [0.1, 0.15) is 17.8 Å². The Bertz CT molecular complexity index is 739. The minimum absolute atomic E-state index is 0.199. The van der Waals surface area contributed by atoms with E-state index in [1.165, 1.54) is 6.33 Å². The largest absolute Gasteiger partial charge is 0.370 e. The molecule has 0 aliphatic carbocycles. The first-order valence-electron chi connectivity index (χ1n) is 8.38. The molecule has 140 valence electrons. The molecule has 1 aromatic heterocycles. The van der Waals surface area contributed by atoms with Gasteiger partial charge in [0.2, 0.25) is 0 Å². The maximum Gasteiger partial charge on any atom is 0.270 e. The van der Waals surface area contributed by atoms with Gasteiger partial charge in [0.25, 0.3) is 5.91 Å². The number of hydrogen-bond donors (Lipinski definition) is 2. The molecule has 6 nitrogen and oxygen atoms in total. The highest BCUT2D eigenvalue weighted by atomic mass is 35.5. The molecule has 0 radical (unpaired) electrons. The fraction of sp³-hybridized carbons (Fsp3) is 0.389. The lowest BCUT2D eigenvalue weighted by atomic mass is 10.1. The smallest absolute Gasteiger partial charge is 0.270 e. The van der Waals surface area contributed by atoms with Crippen molar-refractivity contribution in [2.24, 2.45) is 0 Å². The van der Waals surface area contributed by atoms with Crippen molar-refractivity contribution in [1.82, 2.24) is 20.2 Å². The lowest BCUT2D eigenvalue weighted by molar-refractivity contribution is 0.0947. The standard InChI is InChI=1S/C18H23Cl2N5O/c1-25(2)9-3-7-22-18(26)16-11-17(24-12-23-16)21-8-6-13-4-5-14(19)10-15(13)20/h4-5,10-12H,3,6-9H2,1-2H3,(H,22,26)(H,21,23,24). The van der Waals surface area contributed by atoms with Crippen LogP contribution >= 0.6 is 23.2 Å². The summed E-state index contributed by atoms with van der Waals surface area (Å²) in [6.45, 7) is 2.16. The summed E-state index contributed by atoms with van der Waals surface area (Å²) >= 11 is 12.1. The third-order valence-corrected chi connectivity index (χ3v) is 4.27. The number of amides is 1. The fourth-order valence-corrected chi connectivity index (χ4v) is 2.82. The number of halogens is 2. The van der Waals surface area contributed by atoms with Crippen LogP contribution in [-0.2, 0) is 6.42 Å². The predicted molar refractivity (Wildman–Crippen MR) is 106 cm³/mol. The summed E-state index contributed by atoms with van der Waals surface area (Å²) in [6.07, 6.45) is 2.98. The molecule has 1 aromatic carbocycles. The molecule has 1 amide bonds. The summed E-state index contributed by atoms with van der Waals surface area (Å²) < 4.78 is 0. The second-order valence-electron chi connectivity index (χ2n) is 6.11. The molecule has 2 aromatic rings. The third kappa shape index (κ3) is 6.78. The van der Waals surface area contributed by atoms with E-state index >= 15 is 0 Å². The quantitative estimate of drug-likeness (QED) is 0.638. The summed E-state index contributed by atoms with van der Waals surface area (Å²) in [4.78, 5) is 22.4. The Kier molecular flexibility index (Phi) is 8.09. The van der Waals surface area contributed by atoms with Gasteiger partial charge in [0.05, 0.1) is 0 Å². The first kappa shape index (κ1) is 20.4. The second kappa shape index (κ2) is 10.3. The van der Waals surface area contributed by atoms with Crippen LogP contribution in [0.15, 0.2) is 30.6 Å². The Morgan fingerprint density at radius 1 is 1.15 bits per heavy atom. The van der Waals surface area contributed by atoms with Crippen LogP contribution in [0.1, 0.15) is 22.5 Å². The van der Waals surface area contributed by atoms with Gasteiger partial charge >= 0.3 is 0 Å². The highest BCUT2D eigenvalue weighted by Gasteiger charge is 2.08. The van der Waals surface area contributed by atoms with E-state index in [1.807, 2.05) is 26.2 Å². The van der Waals surface area contributed by atoms with E-state index in [1.54, 1.807) is 12.1 Å². The van der Waals surface area contributed by atoms with Crippen LogP contribution in [0.3, 0.4) is 0 Å². The highest BCUT2D eigenvalue weighted by Crippen LogP contribution is 2.21. The monoisotopic (exact) mass is 395 g/mol. The van der Waals surface area contributed by atoms with E-state index < -0.39 is 0 Å². The minimum Gasteiger partial charge on any atom is -0.370 e. The summed E-state index contributed by atoms with van der Waals surface area (Å²) in [5.74, 6) is 0.401. The number of carbonyl (C=O) groups excluding carboxylic acids is 1. The molecule has 0 bridgehead atoms. The average Bonchev–Trinajstić information content (AvgIpc) is 2.60. The van der Waals surface area contributed by atoms with Crippen LogP contribution < -0.4 is 10.6 Å². The lowest BCUT2D eigenvalue weighted by Gasteiger charge is -2.10. The van der Waals surface area contributed by atoms with E-state index in [0.717, 1.165) is 18.5 Å². The number of carbonyl (C=O) groups is 1. The molecule has 8 heteroatoms. The summed E-state index contributed by atoms with van der Waals surface area (Å²) in [6, 6.07) is 7.08. The maximum atomic E-state index is 12.1. The third-order valence-electron chi connectivity index (χ3n) is 3.68. The fourth-order valence-electron chi connectivity index (χ4n) is 2.32. The molecule has 0 aliphatic heterocycles. The first-order chi connectivity index (χ1) is 12.5. The molecule has 0 aliphatic rings. The molecular formula is C18H23Cl2N5O. The summed E-state index contributed by atoms with van der Waals surface area (Å²) in [5, 5.41) is 7.30. The maximum absolute atomic E-state index is 12.1. The van der Waals surface area contributed by atoms with Gasteiger partial charge in [-0.05, 0) is 51.2 Å². The Morgan fingerprint density at radius 2 is 1.96 bits per heavy atom.